The monoisotopic (exact) mass is 286 g/mol. The van der Waals surface area contributed by atoms with E-state index < -0.39 is 29.2 Å². The maximum absolute atomic E-state index is 12.8. The highest BCUT2D eigenvalue weighted by Gasteiger charge is 2.36. The second-order valence-electron chi connectivity index (χ2n) is 4.91. The van der Waals surface area contributed by atoms with Crippen molar-refractivity contribution in [2.24, 2.45) is 5.92 Å². The minimum atomic E-state index is -4.63. The Morgan fingerprint density at radius 3 is 2.25 bits per heavy atom. The molecule has 4 nitrogen and oxygen atoms in total. The number of carbonyl (C=O) groups excluding carboxylic acids is 2. The molecule has 7 heteroatoms. The predicted molar refractivity (Wildman–Crippen MR) is 66.7 cm³/mol. The number of nitrogens with zero attached hydrogens (tertiary/aromatic N) is 1. The molecule has 0 atom stereocenters. The van der Waals surface area contributed by atoms with Gasteiger partial charge in [-0.25, -0.2) is 0 Å². The minimum Gasteiger partial charge on any atom is -0.398 e. The molecule has 2 rings (SSSR count). The number of hydrogen-bond acceptors (Lipinski definition) is 3. The van der Waals surface area contributed by atoms with Crippen molar-refractivity contribution in [3.05, 3.63) is 23.8 Å². The highest BCUT2D eigenvalue weighted by atomic mass is 19.4. The van der Waals surface area contributed by atoms with E-state index in [2.05, 4.69) is 0 Å². The first-order chi connectivity index (χ1) is 9.20. The molecule has 0 aromatic heterocycles. The highest BCUT2D eigenvalue weighted by Crippen LogP contribution is 2.37. The number of nitrogen functional groups attached to an aromatic ring is 1. The SMILES string of the molecule is CC1CC(=O)N(c2ccc(N)c(C(F)(F)F)c2)C(=O)C1. The predicted octanol–water partition coefficient (Wildman–Crippen LogP) is 2.58. The summed E-state index contributed by atoms with van der Waals surface area (Å²) in [5, 5.41) is 0. The van der Waals surface area contributed by atoms with E-state index in [0.717, 1.165) is 17.0 Å². The Morgan fingerprint density at radius 2 is 1.75 bits per heavy atom. The maximum atomic E-state index is 12.8. The van der Waals surface area contributed by atoms with Gasteiger partial charge in [0.2, 0.25) is 11.8 Å². The van der Waals surface area contributed by atoms with Crippen molar-refractivity contribution in [2.45, 2.75) is 25.9 Å². The number of hydrogen-bond donors (Lipinski definition) is 1. The quantitative estimate of drug-likeness (QED) is 0.637. The smallest absolute Gasteiger partial charge is 0.398 e. The first-order valence-corrected chi connectivity index (χ1v) is 6.02. The van der Waals surface area contributed by atoms with Gasteiger partial charge in [0, 0.05) is 18.5 Å². The molecule has 1 aromatic rings. The lowest BCUT2D eigenvalue weighted by Crippen LogP contribution is -2.43. The molecule has 20 heavy (non-hydrogen) atoms. The van der Waals surface area contributed by atoms with E-state index in [9.17, 15) is 22.8 Å². The Kier molecular flexibility index (Phi) is 3.45. The Balaban J connectivity index is 2.43. The number of carbonyl (C=O) groups is 2. The van der Waals surface area contributed by atoms with Crippen molar-refractivity contribution in [1.82, 2.24) is 0 Å². The fourth-order valence-corrected chi connectivity index (χ4v) is 2.21. The van der Waals surface area contributed by atoms with Crippen LogP contribution in [0.1, 0.15) is 25.3 Å². The van der Waals surface area contributed by atoms with Gasteiger partial charge in [0.15, 0.2) is 0 Å². The molecule has 1 aromatic carbocycles. The number of nitrogens with two attached hydrogens (primary N) is 1. The molecule has 108 valence electrons. The van der Waals surface area contributed by atoms with Gasteiger partial charge in [0.05, 0.1) is 11.3 Å². The van der Waals surface area contributed by atoms with Gasteiger partial charge in [-0.3, -0.25) is 14.5 Å². The molecule has 1 saturated heterocycles. The molecule has 0 radical (unpaired) electrons. The van der Waals surface area contributed by atoms with Gasteiger partial charge in [-0.1, -0.05) is 6.92 Å². The number of halogens is 3. The second kappa shape index (κ2) is 4.81. The Hall–Kier alpha value is -2.05. The summed E-state index contributed by atoms with van der Waals surface area (Å²) in [6.07, 6.45) is -4.36. The largest absolute Gasteiger partial charge is 0.418 e. The average Bonchev–Trinajstić information content (AvgIpc) is 2.28. The van der Waals surface area contributed by atoms with E-state index in [1.807, 2.05) is 0 Å². The van der Waals surface area contributed by atoms with Gasteiger partial charge < -0.3 is 5.73 Å². The first-order valence-electron chi connectivity index (χ1n) is 6.02. The topological polar surface area (TPSA) is 63.4 Å². The van der Waals surface area contributed by atoms with Crippen molar-refractivity contribution >= 4 is 23.2 Å². The van der Waals surface area contributed by atoms with E-state index in [4.69, 9.17) is 5.73 Å². The van der Waals surface area contributed by atoms with Crippen molar-refractivity contribution < 1.29 is 22.8 Å². The molecular weight excluding hydrogens is 273 g/mol. The second-order valence-corrected chi connectivity index (χ2v) is 4.91. The van der Waals surface area contributed by atoms with Crippen LogP contribution >= 0.6 is 0 Å². The fourth-order valence-electron chi connectivity index (χ4n) is 2.21. The van der Waals surface area contributed by atoms with E-state index in [1.165, 1.54) is 6.07 Å². The van der Waals surface area contributed by atoms with E-state index in [0.29, 0.717) is 0 Å². The number of amides is 2. The first kappa shape index (κ1) is 14.4. The molecule has 0 spiro atoms. The van der Waals surface area contributed by atoms with Crippen LogP contribution in [0.25, 0.3) is 0 Å². The summed E-state index contributed by atoms with van der Waals surface area (Å²) in [4.78, 5) is 24.5. The van der Waals surface area contributed by atoms with Crippen LogP contribution in [0.15, 0.2) is 18.2 Å². The maximum Gasteiger partial charge on any atom is 0.418 e. The molecule has 1 heterocycles. The molecular formula is C13H13F3N2O2. The van der Waals surface area contributed by atoms with Crippen LogP contribution in [0.3, 0.4) is 0 Å². The third kappa shape index (κ3) is 2.61. The third-order valence-electron chi connectivity index (χ3n) is 3.15. The fraction of sp³-hybridized carbons (Fsp3) is 0.385. The molecule has 1 aliphatic heterocycles. The van der Waals surface area contributed by atoms with Gasteiger partial charge in [0.1, 0.15) is 0 Å². The summed E-state index contributed by atoms with van der Waals surface area (Å²) in [5.74, 6) is -1.08. The van der Waals surface area contributed by atoms with E-state index in [-0.39, 0.29) is 24.4 Å². The van der Waals surface area contributed by atoms with Crippen LogP contribution in [0.5, 0.6) is 0 Å². The van der Waals surface area contributed by atoms with Gasteiger partial charge in [-0.2, -0.15) is 13.2 Å². The lowest BCUT2D eigenvalue weighted by molar-refractivity contribution is -0.137. The van der Waals surface area contributed by atoms with Gasteiger partial charge in [-0.15, -0.1) is 0 Å². The molecule has 2 amide bonds. The Bertz CT molecular complexity index is 551. The summed E-state index contributed by atoms with van der Waals surface area (Å²) in [6.45, 7) is 1.75. The normalized spacial score (nSPS) is 17.7. The van der Waals surface area contributed by atoms with Crippen molar-refractivity contribution in [3.63, 3.8) is 0 Å². The molecule has 0 aliphatic carbocycles. The molecule has 1 aliphatic rings. The summed E-state index contributed by atoms with van der Waals surface area (Å²) < 4.78 is 38.4. The number of benzene rings is 1. The van der Waals surface area contributed by atoms with Gasteiger partial charge >= 0.3 is 6.18 Å². The molecule has 0 unspecified atom stereocenters. The van der Waals surface area contributed by atoms with Crippen LogP contribution in [0, 0.1) is 5.92 Å². The lowest BCUT2D eigenvalue weighted by Gasteiger charge is -2.28. The molecule has 0 saturated carbocycles. The summed E-state index contributed by atoms with van der Waals surface area (Å²) in [7, 11) is 0. The standard InChI is InChI=1S/C13H13F3N2O2/c1-7-4-11(19)18(12(20)5-7)8-2-3-10(17)9(6-8)13(14,15)16/h2-3,6-7H,4-5,17H2,1H3. The zero-order chi connectivity index (χ0) is 15.1. The number of imide groups is 1. The van der Waals surface area contributed by atoms with E-state index in [1.54, 1.807) is 6.92 Å². The highest BCUT2D eigenvalue weighted by molar-refractivity contribution is 6.16. The average molecular weight is 286 g/mol. The summed E-state index contributed by atoms with van der Waals surface area (Å²) in [6, 6.07) is 3.04. The van der Waals surface area contributed by atoms with Gasteiger partial charge in [-0.05, 0) is 24.1 Å². The van der Waals surface area contributed by atoms with Crippen LogP contribution in [0.4, 0.5) is 24.5 Å². The third-order valence-corrected chi connectivity index (χ3v) is 3.15. The summed E-state index contributed by atoms with van der Waals surface area (Å²) >= 11 is 0. The number of piperidine rings is 1. The van der Waals surface area contributed by atoms with Crippen LogP contribution < -0.4 is 10.6 Å². The number of anilines is 2. The zero-order valence-electron chi connectivity index (χ0n) is 10.7. The summed E-state index contributed by atoms with van der Waals surface area (Å²) in [5.41, 5.74) is 3.71. The van der Waals surface area contributed by atoms with E-state index >= 15 is 0 Å². The van der Waals surface area contributed by atoms with Crippen LogP contribution in [0.2, 0.25) is 0 Å². The molecule has 0 bridgehead atoms. The minimum absolute atomic E-state index is 0.0894. The number of alkyl halides is 3. The Labute approximate surface area is 113 Å². The Morgan fingerprint density at radius 1 is 1.20 bits per heavy atom. The lowest BCUT2D eigenvalue weighted by atomic mass is 9.97. The van der Waals surface area contributed by atoms with Crippen LogP contribution in [-0.2, 0) is 15.8 Å². The zero-order valence-corrected chi connectivity index (χ0v) is 10.7. The molecule has 1 fully saturated rings. The van der Waals surface area contributed by atoms with Crippen molar-refractivity contribution in [3.8, 4) is 0 Å². The van der Waals surface area contributed by atoms with Crippen molar-refractivity contribution in [1.29, 1.82) is 0 Å². The number of rotatable bonds is 1. The van der Waals surface area contributed by atoms with Crippen molar-refractivity contribution in [2.75, 3.05) is 10.6 Å². The van der Waals surface area contributed by atoms with Gasteiger partial charge in [0.25, 0.3) is 0 Å². The molecule has 2 N–H and O–H groups in total. The van der Waals surface area contributed by atoms with Crippen LogP contribution in [-0.4, -0.2) is 11.8 Å².